The van der Waals surface area contributed by atoms with E-state index in [1.807, 2.05) is 0 Å². The second kappa shape index (κ2) is 11.0. The number of anilines is 1. The van der Waals surface area contributed by atoms with Crippen LogP contribution < -0.4 is 9.62 Å². The number of hydrogen-bond donors (Lipinski definition) is 2. The van der Waals surface area contributed by atoms with E-state index < -0.39 is 72.5 Å². The van der Waals surface area contributed by atoms with Crippen molar-refractivity contribution in [2.24, 2.45) is 5.92 Å². The zero-order valence-electron chi connectivity index (χ0n) is 21.5. The summed E-state index contributed by atoms with van der Waals surface area (Å²) < 4.78 is 146. The maximum absolute atomic E-state index is 13.7. The number of halogens is 7. The van der Waals surface area contributed by atoms with Crippen molar-refractivity contribution in [3.63, 3.8) is 0 Å². The minimum absolute atomic E-state index is 0.00289. The molecule has 0 aliphatic carbocycles. The lowest BCUT2D eigenvalue weighted by atomic mass is 9.87. The highest BCUT2D eigenvalue weighted by Crippen LogP contribution is 2.51. The molecule has 2 aromatic rings. The summed E-state index contributed by atoms with van der Waals surface area (Å²) in [4.78, 5) is 12.3. The Morgan fingerprint density at radius 2 is 1.62 bits per heavy atom. The molecule has 0 aromatic heterocycles. The molecular weight excluding hydrogens is 621 g/mol. The number of fused-ring (bicyclic) bond motifs is 1. The average Bonchev–Trinajstić information content (AvgIpc) is 3.23. The molecule has 232 valence electrons. The number of aliphatic hydroxyl groups is 1. The minimum atomic E-state index is -6.16. The smallest absolute Gasteiger partial charge is 0.369 e. The van der Waals surface area contributed by atoms with E-state index in [-0.39, 0.29) is 48.1 Å². The van der Waals surface area contributed by atoms with E-state index in [2.05, 4.69) is 5.32 Å². The normalized spacial score (nSPS) is 21.2. The first-order valence-corrected chi connectivity index (χ1v) is 15.8. The number of nitrogens with one attached hydrogen (secondary N) is 1. The van der Waals surface area contributed by atoms with Crippen molar-refractivity contribution in [3.05, 3.63) is 59.4 Å². The number of sulfonamides is 1. The van der Waals surface area contributed by atoms with Crippen molar-refractivity contribution >= 4 is 31.5 Å². The van der Waals surface area contributed by atoms with E-state index >= 15 is 0 Å². The van der Waals surface area contributed by atoms with Crippen LogP contribution in [0.3, 0.4) is 0 Å². The summed E-state index contributed by atoms with van der Waals surface area (Å²) in [5.41, 5.74) is -7.39. The number of hydrogen-bond acceptors (Lipinski definition) is 6. The molecule has 1 amide bonds. The molecule has 2 aromatic carbocycles. The number of sulfone groups is 1. The number of carbonyl (C=O) groups excluding carboxylic acids is 1. The summed E-state index contributed by atoms with van der Waals surface area (Å²) in [6, 6.07) is 3.79. The van der Waals surface area contributed by atoms with Crippen LogP contribution in [-0.4, -0.2) is 64.3 Å². The molecule has 2 atom stereocenters. The van der Waals surface area contributed by atoms with E-state index in [0.717, 1.165) is 24.3 Å². The summed E-state index contributed by atoms with van der Waals surface area (Å²) in [7, 11) is -7.86. The molecule has 4 rings (SSSR count). The topological polar surface area (TPSA) is 121 Å². The van der Waals surface area contributed by atoms with Gasteiger partial charge in [0.2, 0.25) is 5.91 Å². The van der Waals surface area contributed by atoms with Crippen LogP contribution in [0.5, 0.6) is 0 Å². The second-order valence-corrected chi connectivity index (χ2v) is 14.3. The van der Waals surface area contributed by atoms with Gasteiger partial charge in [-0.15, -0.1) is 0 Å². The maximum Gasteiger partial charge on any atom is 0.430 e. The van der Waals surface area contributed by atoms with Gasteiger partial charge in [0.1, 0.15) is 5.82 Å². The molecule has 17 heteroatoms. The molecule has 0 spiro atoms. The third-order valence-corrected chi connectivity index (χ3v) is 11.1. The highest BCUT2D eigenvalue weighted by Gasteiger charge is 2.71. The van der Waals surface area contributed by atoms with Gasteiger partial charge in [-0.05, 0) is 61.1 Å². The van der Waals surface area contributed by atoms with E-state index in [4.69, 9.17) is 0 Å². The summed E-state index contributed by atoms with van der Waals surface area (Å²) in [5.74, 6) is -1.94. The summed E-state index contributed by atoms with van der Waals surface area (Å²) in [5, 5.41) is 12.4. The van der Waals surface area contributed by atoms with Crippen LogP contribution in [0, 0.1) is 11.7 Å². The summed E-state index contributed by atoms with van der Waals surface area (Å²) >= 11 is 0. The highest BCUT2D eigenvalue weighted by molar-refractivity contribution is 7.93. The molecule has 2 aliphatic rings. The van der Waals surface area contributed by atoms with Gasteiger partial charge in [0.25, 0.3) is 15.6 Å². The van der Waals surface area contributed by atoms with E-state index in [1.165, 1.54) is 0 Å². The minimum Gasteiger partial charge on any atom is -0.369 e. The SMILES string of the molecule is O=C(C[C@@H]1CCc2cc(C(O)(C(F)(F)F)C(F)(F)F)ccc2N1S(=O)(=O)c1ccc(F)cc1)NCC1CCS(=O)(=O)C1. The predicted octanol–water partition coefficient (Wildman–Crippen LogP) is 3.59. The van der Waals surface area contributed by atoms with Gasteiger partial charge < -0.3 is 10.4 Å². The quantitative estimate of drug-likeness (QED) is 0.444. The Morgan fingerprint density at radius 3 is 2.17 bits per heavy atom. The van der Waals surface area contributed by atoms with Crippen LogP contribution in [0.1, 0.15) is 30.4 Å². The third kappa shape index (κ3) is 6.08. The monoisotopic (exact) mass is 646 g/mol. The number of amides is 1. The van der Waals surface area contributed by atoms with Crippen LogP contribution in [0.25, 0.3) is 0 Å². The zero-order chi connectivity index (χ0) is 31.3. The molecule has 8 nitrogen and oxygen atoms in total. The highest BCUT2D eigenvalue weighted by atomic mass is 32.2. The molecule has 1 saturated heterocycles. The maximum atomic E-state index is 13.7. The van der Waals surface area contributed by atoms with Gasteiger partial charge in [0.05, 0.1) is 28.1 Å². The first kappa shape index (κ1) is 32.0. The lowest BCUT2D eigenvalue weighted by Gasteiger charge is -2.39. The first-order valence-electron chi connectivity index (χ1n) is 12.5. The predicted molar refractivity (Wildman–Crippen MR) is 135 cm³/mol. The first-order chi connectivity index (χ1) is 19.3. The lowest BCUT2D eigenvalue weighted by Crippen LogP contribution is -2.54. The number of alkyl halides is 6. The van der Waals surface area contributed by atoms with Crippen molar-refractivity contribution in [1.82, 2.24) is 5.32 Å². The molecule has 2 aliphatic heterocycles. The van der Waals surface area contributed by atoms with Crippen molar-refractivity contribution in [2.75, 3.05) is 22.4 Å². The van der Waals surface area contributed by atoms with Gasteiger partial charge in [-0.1, -0.05) is 12.1 Å². The van der Waals surface area contributed by atoms with Crippen molar-refractivity contribution in [3.8, 4) is 0 Å². The Hall–Kier alpha value is -2.92. The van der Waals surface area contributed by atoms with Crippen molar-refractivity contribution in [1.29, 1.82) is 0 Å². The standard InChI is InChI=1S/C25H25F7N2O6S2/c26-18-3-6-20(7-4-18)42(39,40)34-19(12-22(35)33-13-15-9-10-41(37,38)14-15)5-1-16-11-17(2-8-21(16)34)23(36,24(27,28)29)25(30,31)32/h2-4,6-8,11,15,19,36H,1,5,9-10,12-14H2,(H,33,35)/t15?,19-/m0/s1. The Bertz CT molecular complexity index is 1540. The van der Waals surface area contributed by atoms with Gasteiger partial charge in [-0.3, -0.25) is 9.10 Å². The molecule has 1 fully saturated rings. The van der Waals surface area contributed by atoms with Crippen LogP contribution in [0.4, 0.5) is 36.4 Å². The molecule has 0 radical (unpaired) electrons. The lowest BCUT2D eigenvalue weighted by molar-refractivity contribution is -0.376. The average molecular weight is 647 g/mol. The Morgan fingerprint density at radius 1 is 1.00 bits per heavy atom. The summed E-state index contributed by atoms with van der Waals surface area (Å²) in [6.07, 6.45) is -12.9. The molecule has 2 heterocycles. The summed E-state index contributed by atoms with van der Waals surface area (Å²) in [6.45, 7) is 0.00289. The Kier molecular flexibility index (Phi) is 8.36. The number of nitrogens with zero attached hydrogens (tertiary/aromatic N) is 1. The number of benzene rings is 2. The largest absolute Gasteiger partial charge is 0.430 e. The van der Waals surface area contributed by atoms with Crippen LogP contribution in [0.2, 0.25) is 0 Å². The molecular formula is C25H25F7N2O6S2. The molecule has 0 saturated carbocycles. The fraction of sp³-hybridized carbons (Fsp3) is 0.480. The van der Waals surface area contributed by atoms with E-state index in [0.29, 0.717) is 28.9 Å². The number of aryl methyl sites for hydroxylation is 1. The second-order valence-electron chi connectivity index (χ2n) is 10.3. The molecule has 0 bridgehead atoms. The Balaban J connectivity index is 1.71. The number of rotatable bonds is 7. The molecule has 2 N–H and O–H groups in total. The Labute approximate surface area is 236 Å². The fourth-order valence-corrected chi connectivity index (χ4v) is 8.74. The fourth-order valence-electron chi connectivity index (χ4n) is 5.16. The van der Waals surface area contributed by atoms with Gasteiger partial charge in [-0.25, -0.2) is 21.2 Å². The zero-order valence-corrected chi connectivity index (χ0v) is 23.2. The van der Waals surface area contributed by atoms with E-state index in [9.17, 15) is 57.5 Å². The van der Waals surface area contributed by atoms with Gasteiger partial charge in [-0.2, -0.15) is 26.3 Å². The van der Waals surface area contributed by atoms with Crippen LogP contribution >= 0.6 is 0 Å². The van der Waals surface area contributed by atoms with Crippen molar-refractivity contribution in [2.45, 2.75) is 54.6 Å². The third-order valence-electron chi connectivity index (χ3n) is 7.34. The molecule has 42 heavy (non-hydrogen) atoms. The number of carbonyl (C=O) groups is 1. The van der Waals surface area contributed by atoms with Crippen molar-refractivity contribution < 1.29 is 57.5 Å². The molecule has 1 unspecified atom stereocenters. The van der Waals surface area contributed by atoms with Crippen LogP contribution in [0.15, 0.2) is 47.4 Å². The van der Waals surface area contributed by atoms with Crippen LogP contribution in [-0.2, 0) is 36.7 Å². The van der Waals surface area contributed by atoms with Gasteiger partial charge in [0.15, 0.2) is 9.84 Å². The van der Waals surface area contributed by atoms with Gasteiger partial charge in [0, 0.05) is 18.5 Å². The van der Waals surface area contributed by atoms with E-state index in [1.54, 1.807) is 0 Å². The van der Waals surface area contributed by atoms with Gasteiger partial charge >= 0.3 is 12.4 Å².